The summed E-state index contributed by atoms with van der Waals surface area (Å²) in [5.41, 5.74) is 1.12. The Bertz CT molecular complexity index is 395. The Hall–Kier alpha value is -0.490. The highest BCUT2D eigenvalue weighted by atomic mass is 79.9. The van der Waals surface area contributed by atoms with Crippen molar-refractivity contribution < 1.29 is 9.50 Å². The van der Waals surface area contributed by atoms with Gasteiger partial charge in [-0.2, -0.15) is 0 Å². The van der Waals surface area contributed by atoms with Crippen LogP contribution in [0.1, 0.15) is 5.56 Å². The van der Waals surface area contributed by atoms with Crippen molar-refractivity contribution in [3.8, 4) is 0 Å². The van der Waals surface area contributed by atoms with Crippen molar-refractivity contribution in [3.05, 3.63) is 34.1 Å². The molecule has 18 heavy (non-hydrogen) atoms. The fourth-order valence-electron chi connectivity index (χ4n) is 2.21. The number of rotatable bonds is 4. The molecule has 1 aliphatic rings. The molecule has 0 unspecified atom stereocenters. The third-order valence-corrected chi connectivity index (χ3v) is 3.88. The van der Waals surface area contributed by atoms with E-state index in [9.17, 15) is 4.39 Å². The predicted molar refractivity (Wildman–Crippen MR) is 72.9 cm³/mol. The molecule has 0 aromatic heterocycles. The second-order valence-electron chi connectivity index (χ2n) is 4.59. The van der Waals surface area contributed by atoms with Gasteiger partial charge in [0.2, 0.25) is 0 Å². The van der Waals surface area contributed by atoms with Crippen molar-refractivity contribution in [2.75, 3.05) is 39.3 Å². The average Bonchev–Trinajstić information content (AvgIpc) is 2.37. The summed E-state index contributed by atoms with van der Waals surface area (Å²) >= 11 is 3.21. The Labute approximate surface area is 115 Å². The summed E-state index contributed by atoms with van der Waals surface area (Å²) in [5.74, 6) is -0.216. The lowest BCUT2D eigenvalue weighted by Crippen LogP contribution is -2.46. The number of aliphatic hydroxyl groups excluding tert-OH is 1. The molecule has 1 heterocycles. The van der Waals surface area contributed by atoms with Crippen molar-refractivity contribution >= 4 is 15.9 Å². The molecule has 0 radical (unpaired) electrons. The van der Waals surface area contributed by atoms with E-state index in [1.54, 1.807) is 0 Å². The fourth-order valence-corrected chi connectivity index (χ4v) is 2.63. The minimum absolute atomic E-state index is 0.216. The van der Waals surface area contributed by atoms with E-state index in [0.29, 0.717) is 4.47 Å². The maximum atomic E-state index is 13.1. The Morgan fingerprint density at radius 2 is 1.83 bits per heavy atom. The van der Waals surface area contributed by atoms with Crippen LogP contribution in [0.3, 0.4) is 0 Å². The molecule has 0 aliphatic carbocycles. The maximum absolute atomic E-state index is 13.1. The number of benzene rings is 1. The van der Waals surface area contributed by atoms with E-state index in [2.05, 4.69) is 25.7 Å². The molecule has 1 aromatic carbocycles. The molecule has 0 bridgehead atoms. The molecule has 1 aromatic rings. The van der Waals surface area contributed by atoms with Crippen LogP contribution in [0, 0.1) is 5.82 Å². The minimum Gasteiger partial charge on any atom is -0.395 e. The maximum Gasteiger partial charge on any atom is 0.137 e. The third kappa shape index (κ3) is 3.75. The number of halogens is 2. The van der Waals surface area contributed by atoms with E-state index in [1.165, 1.54) is 6.07 Å². The molecule has 0 amide bonds. The van der Waals surface area contributed by atoms with Crippen LogP contribution in [0.4, 0.5) is 4.39 Å². The van der Waals surface area contributed by atoms with Crippen LogP contribution in [0.15, 0.2) is 22.7 Å². The molecular formula is C13H18BrFN2O. The molecule has 0 saturated carbocycles. The van der Waals surface area contributed by atoms with Gasteiger partial charge in [0.15, 0.2) is 0 Å². The molecule has 3 nitrogen and oxygen atoms in total. The van der Waals surface area contributed by atoms with Gasteiger partial charge in [-0.3, -0.25) is 9.80 Å². The third-order valence-electron chi connectivity index (χ3n) is 3.27. The Morgan fingerprint density at radius 3 is 2.44 bits per heavy atom. The van der Waals surface area contributed by atoms with Crippen molar-refractivity contribution in [3.63, 3.8) is 0 Å². The van der Waals surface area contributed by atoms with E-state index in [1.807, 2.05) is 12.1 Å². The summed E-state index contributed by atoms with van der Waals surface area (Å²) in [7, 11) is 0. The molecule has 1 fully saturated rings. The monoisotopic (exact) mass is 316 g/mol. The SMILES string of the molecule is OCCN1CCN(Cc2ccc(F)c(Br)c2)CC1. The van der Waals surface area contributed by atoms with Crippen molar-refractivity contribution in [1.82, 2.24) is 9.80 Å². The summed E-state index contributed by atoms with van der Waals surface area (Å²) in [6, 6.07) is 5.18. The molecule has 0 spiro atoms. The molecular weight excluding hydrogens is 299 g/mol. The largest absolute Gasteiger partial charge is 0.395 e. The number of piperazine rings is 1. The molecule has 0 atom stereocenters. The van der Waals surface area contributed by atoms with Crippen LogP contribution in [-0.2, 0) is 6.54 Å². The molecule has 5 heteroatoms. The Morgan fingerprint density at radius 1 is 1.17 bits per heavy atom. The van der Waals surface area contributed by atoms with Crippen LogP contribution < -0.4 is 0 Å². The molecule has 1 N–H and O–H groups in total. The number of aliphatic hydroxyl groups is 1. The molecule has 1 saturated heterocycles. The average molecular weight is 317 g/mol. The van der Waals surface area contributed by atoms with E-state index < -0.39 is 0 Å². The van der Waals surface area contributed by atoms with Crippen molar-refractivity contribution in [2.24, 2.45) is 0 Å². The van der Waals surface area contributed by atoms with Crippen LogP contribution in [-0.4, -0.2) is 54.2 Å². The lowest BCUT2D eigenvalue weighted by molar-refractivity contribution is 0.108. The zero-order valence-electron chi connectivity index (χ0n) is 10.3. The molecule has 100 valence electrons. The van der Waals surface area contributed by atoms with Gasteiger partial charge in [-0.05, 0) is 33.6 Å². The highest BCUT2D eigenvalue weighted by molar-refractivity contribution is 9.10. The first-order valence-electron chi connectivity index (χ1n) is 6.18. The minimum atomic E-state index is -0.216. The van der Waals surface area contributed by atoms with Gasteiger partial charge in [0.1, 0.15) is 5.82 Å². The predicted octanol–water partition coefficient (Wildman–Crippen LogP) is 1.70. The molecule has 1 aliphatic heterocycles. The van der Waals surface area contributed by atoms with Crippen LogP contribution >= 0.6 is 15.9 Å². The van der Waals surface area contributed by atoms with Gasteiger partial charge in [-0.25, -0.2) is 4.39 Å². The van der Waals surface area contributed by atoms with Crippen molar-refractivity contribution in [2.45, 2.75) is 6.54 Å². The van der Waals surface area contributed by atoms with Crippen LogP contribution in [0.2, 0.25) is 0 Å². The first-order valence-corrected chi connectivity index (χ1v) is 6.98. The number of hydrogen-bond donors (Lipinski definition) is 1. The lowest BCUT2D eigenvalue weighted by Gasteiger charge is -2.34. The standard InChI is InChI=1S/C13H18BrFN2O/c14-12-9-11(1-2-13(12)15)10-17-5-3-16(4-6-17)7-8-18/h1-2,9,18H,3-8,10H2. The topological polar surface area (TPSA) is 26.7 Å². The van der Waals surface area contributed by atoms with Gasteiger partial charge >= 0.3 is 0 Å². The van der Waals surface area contributed by atoms with Gasteiger partial charge in [0.25, 0.3) is 0 Å². The van der Waals surface area contributed by atoms with Gasteiger partial charge in [-0.1, -0.05) is 6.07 Å². The summed E-state index contributed by atoms with van der Waals surface area (Å²) in [4.78, 5) is 4.62. The van der Waals surface area contributed by atoms with Crippen LogP contribution in [0.25, 0.3) is 0 Å². The summed E-state index contributed by atoms with van der Waals surface area (Å²) in [6.07, 6.45) is 0. The van der Waals surface area contributed by atoms with Crippen molar-refractivity contribution in [1.29, 1.82) is 0 Å². The van der Waals surface area contributed by atoms with Gasteiger partial charge in [-0.15, -0.1) is 0 Å². The van der Waals surface area contributed by atoms with Gasteiger partial charge in [0.05, 0.1) is 11.1 Å². The number of β-amino-alcohol motifs (C(OH)–C–C–N with tert-alkyl or cyclic N) is 1. The normalized spacial score (nSPS) is 18.2. The summed E-state index contributed by atoms with van der Waals surface area (Å²) in [5, 5.41) is 8.88. The Balaban J connectivity index is 1.85. The lowest BCUT2D eigenvalue weighted by atomic mass is 10.2. The summed E-state index contributed by atoms with van der Waals surface area (Å²) in [6.45, 7) is 5.81. The second-order valence-corrected chi connectivity index (χ2v) is 5.44. The number of nitrogens with zero attached hydrogens (tertiary/aromatic N) is 2. The van der Waals surface area contributed by atoms with E-state index >= 15 is 0 Å². The first-order chi connectivity index (χ1) is 8.69. The zero-order chi connectivity index (χ0) is 13.0. The van der Waals surface area contributed by atoms with Gasteiger partial charge in [0, 0.05) is 39.3 Å². The quantitative estimate of drug-likeness (QED) is 0.916. The Kier molecular flexibility index (Phi) is 5.12. The second kappa shape index (κ2) is 6.61. The van der Waals surface area contributed by atoms with E-state index in [4.69, 9.17) is 5.11 Å². The highest BCUT2D eigenvalue weighted by Crippen LogP contribution is 2.18. The smallest absolute Gasteiger partial charge is 0.137 e. The number of hydrogen-bond acceptors (Lipinski definition) is 3. The fraction of sp³-hybridized carbons (Fsp3) is 0.538. The van der Waals surface area contributed by atoms with E-state index in [0.717, 1.165) is 44.8 Å². The van der Waals surface area contributed by atoms with Gasteiger partial charge < -0.3 is 5.11 Å². The highest BCUT2D eigenvalue weighted by Gasteiger charge is 2.16. The van der Waals surface area contributed by atoms with Crippen LogP contribution in [0.5, 0.6) is 0 Å². The first kappa shape index (κ1) is 13.9. The van der Waals surface area contributed by atoms with E-state index in [-0.39, 0.29) is 12.4 Å². The summed E-state index contributed by atoms with van der Waals surface area (Å²) < 4.78 is 13.6. The molecule has 2 rings (SSSR count). The zero-order valence-corrected chi connectivity index (χ0v) is 11.9.